The van der Waals surface area contributed by atoms with E-state index in [2.05, 4.69) is 0 Å². The fourth-order valence-electron chi connectivity index (χ4n) is 1.99. The normalized spacial score (nSPS) is 11.4. The second-order valence-corrected chi connectivity index (χ2v) is 7.59. The van der Waals surface area contributed by atoms with E-state index in [0.717, 1.165) is 5.56 Å². The van der Waals surface area contributed by atoms with Gasteiger partial charge in [0.05, 0.1) is 18.5 Å². The Morgan fingerprint density at radius 1 is 1.10 bits per heavy atom. The van der Waals surface area contributed by atoms with Gasteiger partial charge in [-0.3, -0.25) is 4.31 Å². The van der Waals surface area contributed by atoms with E-state index in [4.69, 9.17) is 23.2 Å². The van der Waals surface area contributed by atoms with E-state index in [1.54, 1.807) is 24.3 Å². The van der Waals surface area contributed by atoms with Gasteiger partial charge in [0.1, 0.15) is 0 Å². The molecule has 0 radical (unpaired) electrons. The molecule has 0 N–H and O–H groups in total. The molecule has 0 bridgehead atoms. The number of nitrogens with zero attached hydrogens (tertiary/aromatic N) is 1. The summed E-state index contributed by atoms with van der Waals surface area (Å²) in [4.78, 5) is 0. The molecule has 0 amide bonds. The van der Waals surface area contributed by atoms with Crippen LogP contribution in [0.25, 0.3) is 0 Å². The number of benzene rings is 2. The Hall–Kier alpha value is -1.23. The van der Waals surface area contributed by atoms with Gasteiger partial charge in [-0.05, 0) is 42.3 Å². The molecule has 21 heavy (non-hydrogen) atoms. The maximum atomic E-state index is 12.1. The number of hydrogen-bond acceptors (Lipinski definition) is 2. The van der Waals surface area contributed by atoms with Crippen molar-refractivity contribution in [2.75, 3.05) is 10.6 Å². The average molecular weight is 344 g/mol. The number of aryl methyl sites for hydroxylation is 1. The predicted octanol–water partition coefficient (Wildman–Crippen LogP) is 4.27. The summed E-state index contributed by atoms with van der Waals surface area (Å²) >= 11 is 12.0. The van der Waals surface area contributed by atoms with Crippen molar-refractivity contribution in [2.45, 2.75) is 13.5 Å². The maximum Gasteiger partial charge on any atom is 0.232 e. The standard InChI is InChI=1S/C15H15Cl2NO2S/c1-11-4-3-5-14(8-11)18(21(2,19)20)10-12-6-7-13(16)9-15(12)17/h3-9H,10H2,1-2H3. The second-order valence-electron chi connectivity index (χ2n) is 4.84. The topological polar surface area (TPSA) is 37.4 Å². The van der Waals surface area contributed by atoms with E-state index in [1.807, 2.05) is 25.1 Å². The number of rotatable bonds is 4. The van der Waals surface area contributed by atoms with Gasteiger partial charge >= 0.3 is 0 Å². The molecule has 0 aliphatic rings. The number of anilines is 1. The van der Waals surface area contributed by atoms with Gasteiger partial charge in [-0.15, -0.1) is 0 Å². The van der Waals surface area contributed by atoms with E-state index in [1.165, 1.54) is 10.6 Å². The molecule has 0 spiro atoms. The molecule has 0 aromatic heterocycles. The number of sulfonamides is 1. The quantitative estimate of drug-likeness (QED) is 0.831. The molecule has 0 aliphatic heterocycles. The van der Waals surface area contributed by atoms with Crippen LogP contribution in [0.1, 0.15) is 11.1 Å². The summed E-state index contributed by atoms with van der Waals surface area (Å²) in [6, 6.07) is 12.4. The first-order valence-electron chi connectivity index (χ1n) is 6.25. The van der Waals surface area contributed by atoms with Gasteiger partial charge in [-0.2, -0.15) is 0 Å². The molecule has 6 heteroatoms. The largest absolute Gasteiger partial charge is 0.266 e. The minimum Gasteiger partial charge on any atom is -0.266 e. The number of halogens is 2. The van der Waals surface area contributed by atoms with Crippen LogP contribution in [0.5, 0.6) is 0 Å². The molecular weight excluding hydrogens is 329 g/mol. The highest BCUT2D eigenvalue weighted by atomic mass is 35.5. The molecule has 2 aromatic carbocycles. The van der Waals surface area contributed by atoms with Crippen molar-refractivity contribution in [3.8, 4) is 0 Å². The smallest absolute Gasteiger partial charge is 0.232 e. The first-order chi connectivity index (χ1) is 9.77. The van der Waals surface area contributed by atoms with Crippen molar-refractivity contribution in [3.05, 3.63) is 63.6 Å². The van der Waals surface area contributed by atoms with Gasteiger partial charge in [-0.25, -0.2) is 8.42 Å². The first-order valence-corrected chi connectivity index (χ1v) is 8.86. The lowest BCUT2D eigenvalue weighted by molar-refractivity contribution is 0.596. The summed E-state index contributed by atoms with van der Waals surface area (Å²) in [6.07, 6.45) is 1.18. The van der Waals surface area contributed by atoms with Crippen LogP contribution in [-0.2, 0) is 16.6 Å². The van der Waals surface area contributed by atoms with Gasteiger partial charge in [0, 0.05) is 10.0 Å². The first kappa shape index (κ1) is 16.1. The third-order valence-electron chi connectivity index (χ3n) is 3.02. The summed E-state index contributed by atoms with van der Waals surface area (Å²) in [5, 5.41) is 0.967. The zero-order valence-corrected chi connectivity index (χ0v) is 14.0. The van der Waals surface area contributed by atoms with Crippen LogP contribution in [0, 0.1) is 6.92 Å². The summed E-state index contributed by atoms with van der Waals surface area (Å²) in [6.45, 7) is 2.08. The summed E-state index contributed by atoms with van der Waals surface area (Å²) in [5.41, 5.74) is 2.31. The van der Waals surface area contributed by atoms with E-state index >= 15 is 0 Å². The molecule has 0 fully saturated rings. The molecule has 2 aromatic rings. The Balaban J connectivity index is 2.43. The number of hydrogen-bond donors (Lipinski definition) is 0. The van der Waals surface area contributed by atoms with Crippen molar-refractivity contribution in [3.63, 3.8) is 0 Å². The molecule has 0 heterocycles. The van der Waals surface area contributed by atoms with E-state index in [0.29, 0.717) is 21.3 Å². The lowest BCUT2D eigenvalue weighted by atomic mass is 10.2. The van der Waals surface area contributed by atoms with Crippen LogP contribution >= 0.6 is 23.2 Å². The van der Waals surface area contributed by atoms with Gasteiger partial charge in [0.25, 0.3) is 0 Å². The van der Waals surface area contributed by atoms with Gasteiger partial charge < -0.3 is 0 Å². The Bertz CT molecular complexity index is 760. The third kappa shape index (κ3) is 4.13. The van der Waals surface area contributed by atoms with Crippen LogP contribution < -0.4 is 4.31 Å². The predicted molar refractivity (Wildman–Crippen MR) is 88.7 cm³/mol. The highest BCUT2D eigenvalue weighted by Crippen LogP contribution is 2.26. The highest BCUT2D eigenvalue weighted by Gasteiger charge is 2.19. The maximum absolute atomic E-state index is 12.1. The van der Waals surface area contributed by atoms with Crippen molar-refractivity contribution in [2.24, 2.45) is 0 Å². The monoisotopic (exact) mass is 343 g/mol. The molecule has 0 aliphatic carbocycles. The molecule has 2 rings (SSSR count). The van der Waals surface area contributed by atoms with Gasteiger partial charge in [-0.1, -0.05) is 41.4 Å². The van der Waals surface area contributed by atoms with E-state index in [-0.39, 0.29) is 6.54 Å². The summed E-state index contributed by atoms with van der Waals surface area (Å²) < 4.78 is 25.5. The SMILES string of the molecule is Cc1cccc(N(Cc2ccc(Cl)cc2Cl)S(C)(=O)=O)c1. The van der Waals surface area contributed by atoms with Crippen molar-refractivity contribution in [1.29, 1.82) is 0 Å². The summed E-state index contributed by atoms with van der Waals surface area (Å²) in [5.74, 6) is 0. The molecule has 0 saturated carbocycles. The molecule has 0 atom stereocenters. The molecule has 0 unspecified atom stereocenters. The highest BCUT2D eigenvalue weighted by molar-refractivity contribution is 7.92. The third-order valence-corrected chi connectivity index (χ3v) is 4.75. The molecule has 0 saturated heterocycles. The Morgan fingerprint density at radius 2 is 1.81 bits per heavy atom. The Labute approximate surface area is 135 Å². The zero-order chi connectivity index (χ0) is 15.6. The Morgan fingerprint density at radius 3 is 2.38 bits per heavy atom. The lowest BCUT2D eigenvalue weighted by Crippen LogP contribution is -2.29. The van der Waals surface area contributed by atoms with Crippen LogP contribution in [-0.4, -0.2) is 14.7 Å². The summed E-state index contributed by atoms with van der Waals surface area (Å²) in [7, 11) is -3.42. The lowest BCUT2D eigenvalue weighted by Gasteiger charge is -2.23. The molecule has 112 valence electrons. The van der Waals surface area contributed by atoms with Crippen molar-refractivity contribution < 1.29 is 8.42 Å². The minimum atomic E-state index is -3.42. The van der Waals surface area contributed by atoms with Crippen molar-refractivity contribution in [1.82, 2.24) is 0 Å². The minimum absolute atomic E-state index is 0.165. The fraction of sp³-hybridized carbons (Fsp3) is 0.200. The second kappa shape index (κ2) is 6.26. The van der Waals surface area contributed by atoms with E-state index < -0.39 is 10.0 Å². The van der Waals surface area contributed by atoms with Crippen molar-refractivity contribution >= 4 is 38.9 Å². The van der Waals surface area contributed by atoms with Crippen LogP contribution in [0.2, 0.25) is 10.0 Å². The fourth-order valence-corrected chi connectivity index (χ4v) is 3.33. The van der Waals surface area contributed by atoms with Gasteiger partial charge in [0.2, 0.25) is 10.0 Å². The zero-order valence-electron chi connectivity index (χ0n) is 11.7. The average Bonchev–Trinajstić information content (AvgIpc) is 2.36. The van der Waals surface area contributed by atoms with Crippen LogP contribution in [0.15, 0.2) is 42.5 Å². The molecule has 3 nitrogen and oxygen atoms in total. The van der Waals surface area contributed by atoms with Crippen LogP contribution in [0.3, 0.4) is 0 Å². The molecular formula is C15H15Cl2NO2S. The van der Waals surface area contributed by atoms with Crippen LogP contribution in [0.4, 0.5) is 5.69 Å². The van der Waals surface area contributed by atoms with Gasteiger partial charge in [0.15, 0.2) is 0 Å². The Kier molecular flexibility index (Phi) is 4.81. The van der Waals surface area contributed by atoms with E-state index in [9.17, 15) is 8.42 Å².